The fraction of sp³-hybridized carbons (Fsp3) is 0.923. The van der Waals surface area contributed by atoms with E-state index in [-0.39, 0.29) is 24.0 Å². The largest absolute Gasteiger partial charge is 0.370 e. The van der Waals surface area contributed by atoms with E-state index in [1.165, 1.54) is 38.5 Å². The van der Waals surface area contributed by atoms with E-state index in [1.54, 1.807) is 0 Å². The van der Waals surface area contributed by atoms with Crippen molar-refractivity contribution in [3.8, 4) is 0 Å². The van der Waals surface area contributed by atoms with Crippen LogP contribution in [0, 0.1) is 11.3 Å². The van der Waals surface area contributed by atoms with Crippen molar-refractivity contribution in [1.29, 1.82) is 0 Å². The molecule has 0 heterocycles. The third-order valence-corrected chi connectivity index (χ3v) is 3.91. The summed E-state index contributed by atoms with van der Waals surface area (Å²) in [6.45, 7) is 5.66. The van der Waals surface area contributed by atoms with Gasteiger partial charge in [-0.15, -0.1) is 24.0 Å². The maximum atomic E-state index is 5.82. The molecular formula is C13H26IN3. The second kappa shape index (κ2) is 6.25. The third-order valence-electron chi connectivity index (χ3n) is 3.91. The molecule has 3 nitrogen and oxygen atoms in total. The number of aliphatic imine (C=N–C) groups is 1. The Morgan fingerprint density at radius 2 is 1.82 bits per heavy atom. The quantitative estimate of drug-likeness (QED) is 0.467. The third kappa shape index (κ3) is 5.44. The summed E-state index contributed by atoms with van der Waals surface area (Å²) in [5.74, 6) is 1.42. The van der Waals surface area contributed by atoms with Crippen molar-refractivity contribution in [3.63, 3.8) is 0 Å². The van der Waals surface area contributed by atoms with Gasteiger partial charge in [-0.05, 0) is 49.9 Å². The number of guanidine groups is 1. The standard InChI is InChI=1S/C13H25N3.HI/c1-13(2)7-5-10(6-8-13)9-15-12(14)16-11-3-4-11;/h10-11H,3-9H2,1-2H3,(H3,14,15,16);1H. The van der Waals surface area contributed by atoms with E-state index in [9.17, 15) is 0 Å². The van der Waals surface area contributed by atoms with Gasteiger partial charge in [0.05, 0.1) is 0 Å². The molecule has 2 aliphatic carbocycles. The van der Waals surface area contributed by atoms with E-state index < -0.39 is 0 Å². The van der Waals surface area contributed by atoms with Crippen LogP contribution in [0.25, 0.3) is 0 Å². The zero-order valence-corrected chi connectivity index (χ0v) is 13.4. The van der Waals surface area contributed by atoms with Crippen LogP contribution in [0.3, 0.4) is 0 Å². The number of nitrogens with two attached hydrogens (primary N) is 1. The molecule has 0 radical (unpaired) electrons. The first kappa shape index (κ1) is 15.1. The van der Waals surface area contributed by atoms with Crippen LogP contribution in [0.4, 0.5) is 0 Å². The first-order valence-electron chi connectivity index (χ1n) is 6.62. The van der Waals surface area contributed by atoms with Gasteiger partial charge in [0.25, 0.3) is 0 Å². The molecule has 0 aliphatic heterocycles. The molecule has 3 N–H and O–H groups in total. The number of nitrogens with one attached hydrogen (secondary N) is 1. The van der Waals surface area contributed by atoms with Gasteiger partial charge in [0.1, 0.15) is 0 Å². The number of halogens is 1. The summed E-state index contributed by atoms with van der Waals surface area (Å²) < 4.78 is 0. The lowest BCUT2D eigenvalue weighted by molar-refractivity contribution is 0.195. The Morgan fingerprint density at radius 1 is 1.24 bits per heavy atom. The zero-order valence-electron chi connectivity index (χ0n) is 11.0. The van der Waals surface area contributed by atoms with Crippen molar-refractivity contribution < 1.29 is 0 Å². The van der Waals surface area contributed by atoms with Gasteiger partial charge in [-0.3, -0.25) is 4.99 Å². The van der Waals surface area contributed by atoms with E-state index in [4.69, 9.17) is 5.73 Å². The highest BCUT2D eigenvalue weighted by Gasteiger charge is 2.26. The van der Waals surface area contributed by atoms with Crippen LogP contribution in [-0.4, -0.2) is 18.5 Å². The van der Waals surface area contributed by atoms with Gasteiger partial charge in [0.2, 0.25) is 0 Å². The average molecular weight is 351 g/mol. The molecule has 17 heavy (non-hydrogen) atoms. The predicted molar refractivity (Wildman–Crippen MR) is 83.8 cm³/mol. The van der Waals surface area contributed by atoms with E-state index >= 15 is 0 Å². The van der Waals surface area contributed by atoms with Crippen LogP contribution in [0.5, 0.6) is 0 Å². The van der Waals surface area contributed by atoms with E-state index in [0.717, 1.165) is 12.5 Å². The van der Waals surface area contributed by atoms with Crippen LogP contribution in [0.2, 0.25) is 0 Å². The first-order chi connectivity index (χ1) is 7.55. The molecule has 0 aromatic carbocycles. The number of hydrogen-bond donors (Lipinski definition) is 2. The molecule has 0 unspecified atom stereocenters. The van der Waals surface area contributed by atoms with E-state index in [0.29, 0.717) is 17.4 Å². The molecule has 0 saturated heterocycles. The number of nitrogens with zero attached hydrogens (tertiary/aromatic N) is 1. The summed E-state index contributed by atoms with van der Waals surface area (Å²) in [6, 6.07) is 0.619. The molecular weight excluding hydrogens is 325 g/mol. The maximum Gasteiger partial charge on any atom is 0.188 e. The minimum atomic E-state index is 0. The van der Waals surface area contributed by atoms with Crippen LogP contribution in [0.15, 0.2) is 4.99 Å². The highest BCUT2D eigenvalue weighted by molar-refractivity contribution is 14.0. The smallest absolute Gasteiger partial charge is 0.188 e. The first-order valence-corrected chi connectivity index (χ1v) is 6.62. The zero-order chi connectivity index (χ0) is 11.6. The van der Waals surface area contributed by atoms with Crippen molar-refractivity contribution >= 4 is 29.9 Å². The molecule has 4 heteroatoms. The highest BCUT2D eigenvalue weighted by Crippen LogP contribution is 2.37. The fourth-order valence-corrected chi connectivity index (χ4v) is 2.35. The van der Waals surface area contributed by atoms with Crippen molar-refractivity contribution in [1.82, 2.24) is 5.32 Å². The summed E-state index contributed by atoms with van der Waals surface area (Å²) in [4.78, 5) is 4.46. The van der Waals surface area contributed by atoms with E-state index in [1.807, 2.05) is 0 Å². The van der Waals surface area contributed by atoms with Crippen LogP contribution in [0.1, 0.15) is 52.4 Å². The van der Waals surface area contributed by atoms with Crippen molar-refractivity contribution in [2.24, 2.45) is 22.1 Å². The van der Waals surface area contributed by atoms with Crippen molar-refractivity contribution in [3.05, 3.63) is 0 Å². The molecule has 100 valence electrons. The lowest BCUT2D eigenvalue weighted by Crippen LogP contribution is -2.34. The summed E-state index contributed by atoms with van der Waals surface area (Å²) in [6.07, 6.45) is 7.81. The Bertz CT molecular complexity index is 262. The maximum absolute atomic E-state index is 5.82. The normalized spacial score (nSPS) is 25.2. The Morgan fingerprint density at radius 3 is 2.35 bits per heavy atom. The van der Waals surface area contributed by atoms with E-state index in [2.05, 4.69) is 24.2 Å². The summed E-state index contributed by atoms with van der Waals surface area (Å²) in [5.41, 5.74) is 6.38. The second-order valence-corrected chi connectivity index (χ2v) is 6.25. The fourth-order valence-electron chi connectivity index (χ4n) is 2.35. The Balaban J connectivity index is 0.00000144. The highest BCUT2D eigenvalue weighted by atomic mass is 127. The van der Waals surface area contributed by atoms with Gasteiger partial charge in [-0.25, -0.2) is 0 Å². The van der Waals surface area contributed by atoms with Gasteiger partial charge < -0.3 is 11.1 Å². The SMILES string of the molecule is CC1(C)CCC(CN=C(N)NC2CC2)CC1.I. The Hall–Kier alpha value is 0. The van der Waals surface area contributed by atoms with Crippen LogP contribution in [-0.2, 0) is 0 Å². The summed E-state index contributed by atoms with van der Waals surface area (Å²) in [7, 11) is 0. The van der Waals surface area contributed by atoms with Gasteiger partial charge in [0, 0.05) is 12.6 Å². The molecule has 0 aromatic rings. The predicted octanol–water partition coefficient (Wildman–Crippen LogP) is 2.89. The molecule has 0 spiro atoms. The van der Waals surface area contributed by atoms with Gasteiger partial charge in [-0.2, -0.15) is 0 Å². The van der Waals surface area contributed by atoms with Crippen LogP contribution < -0.4 is 11.1 Å². The summed E-state index contributed by atoms with van der Waals surface area (Å²) >= 11 is 0. The molecule has 2 rings (SSSR count). The lowest BCUT2D eigenvalue weighted by atomic mass is 9.73. The summed E-state index contributed by atoms with van der Waals surface area (Å²) in [5, 5.41) is 3.24. The van der Waals surface area contributed by atoms with Gasteiger partial charge >= 0.3 is 0 Å². The van der Waals surface area contributed by atoms with Crippen molar-refractivity contribution in [2.45, 2.75) is 58.4 Å². The minimum absolute atomic E-state index is 0. The molecule has 0 bridgehead atoms. The van der Waals surface area contributed by atoms with Crippen LogP contribution >= 0.6 is 24.0 Å². The molecule has 2 aliphatic rings. The molecule has 0 amide bonds. The Kier molecular flexibility index (Phi) is 5.54. The molecule has 0 aromatic heterocycles. The lowest BCUT2D eigenvalue weighted by Gasteiger charge is -2.33. The average Bonchev–Trinajstić information content (AvgIpc) is 3.00. The topological polar surface area (TPSA) is 50.4 Å². The minimum Gasteiger partial charge on any atom is -0.370 e. The Labute approximate surface area is 122 Å². The van der Waals surface area contributed by atoms with Crippen molar-refractivity contribution in [2.75, 3.05) is 6.54 Å². The molecule has 2 saturated carbocycles. The van der Waals surface area contributed by atoms with Gasteiger partial charge in [0.15, 0.2) is 5.96 Å². The van der Waals surface area contributed by atoms with Gasteiger partial charge in [-0.1, -0.05) is 13.8 Å². The number of rotatable bonds is 3. The monoisotopic (exact) mass is 351 g/mol. The number of hydrogen-bond acceptors (Lipinski definition) is 1. The molecule has 2 fully saturated rings. The molecule has 0 atom stereocenters. The second-order valence-electron chi connectivity index (χ2n) is 6.25.